The van der Waals surface area contributed by atoms with Crippen LogP contribution in [0.3, 0.4) is 0 Å². The Morgan fingerprint density at radius 1 is 1.27 bits per heavy atom. The Morgan fingerprint density at radius 3 is 2.40 bits per heavy atom. The van der Waals surface area contributed by atoms with Gasteiger partial charge in [0.05, 0.1) is 0 Å². The molecule has 0 heterocycles. The van der Waals surface area contributed by atoms with Crippen LogP contribution < -0.4 is 5.32 Å². The number of benzene rings is 1. The summed E-state index contributed by atoms with van der Waals surface area (Å²) in [5.41, 5.74) is 1.31. The highest BCUT2D eigenvalue weighted by atomic mass is 127. The van der Waals surface area contributed by atoms with Crippen LogP contribution in [-0.4, -0.2) is 11.9 Å². The second-order valence-electron chi connectivity index (χ2n) is 4.02. The zero-order valence-electron chi connectivity index (χ0n) is 9.13. The quantitative estimate of drug-likeness (QED) is 0.639. The van der Waals surface area contributed by atoms with E-state index in [0.717, 1.165) is 13.1 Å². The molecule has 0 aliphatic heterocycles. The summed E-state index contributed by atoms with van der Waals surface area (Å²) in [5, 5.41) is 3.58. The highest BCUT2D eigenvalue weighted by Crippen LogP contribution is 2.09. The summed E-state index contributed by atoms with van der Waals surface area (Å²) in [6, 6.07) is 8.54. The lowest BCUT2D eigenvalue weighted by molar-refractivity contribution is 0.546. The van der Waals surface area contributed by atoms with Crippen LogP contribution in [0.2, 0.25) is 0 Å². The maximum absolute atomic E-state index is 6.14. The predicted octanol–water partition coefficient (Wildman–Crippen LogP) is 3.64. The van der Waals surface area contributed by atoms with Gasteiger partial charge in [-0.05, 0) is 46.2 Å². The molecular formula is C12H17ClIN. The van der Waals surface area contributed by atoms with Crippen molar-refractivity contribution in [3.63, 3.8) is 0 Å². The van der Waals surface area contributed by atoms with Gasteiger partial charge in [-0.1, -0.05) is 26.0 Å². The van der Waals surface area contributed by atoms with Crippen molar-refractivity contribution in [3.8, 4) is 0 Å². The van der Waals surface area contributed by atoms with Crippen LogP contribution in [-0.2, 0) is 6.54 Å². The lowest BCUT2D eigenvalue weighted by Crippen LogP contribution is -2.26. The third kappa shape index (κ3) is 5.18. The number of halogens is 2. The second-order valence-corrected chi connectivity index (χ2v) is 5.82. The van der Waals surface area contributed by atoms with E-state index >= 15 is 0 Å². The van der Waals surface area contributed by atoms with E-state index in [1.54, 1.807) is 0 Å². The minimum absolute atomic E-state index is 0.217. The summed E-state index contributed by atoms with van der Waals surface area (Å²) >= 11 is 8.46. The molecule has 0 aromatic heterocycles. The van der Waals surface area contributed by atoms with Gasteiger partial charge >= 0.3 is 0 Å². The molecule has 0 spiro atoms. The first-order valence-electron chi connectivity index (χ1n) is 5.19. The average molecular weight is 338 g/mol. The Hall–Kier alpha value is 0.200. The smallest absolute Gasteiger partial charge is 0.0483 e. The molecule has 0 fully saturated rings. The van der Waals surface area contributed by atoms with Crippen LogP contribution in [0, 0.1) is 9.49 Å². The molecule has 0 saturated heterocycles. The fourth-order valence-electron chi connectivity index (χ4n) is 1.19. The van der Waals surface area contributed by atoms with E-state index in [1.807, 2.05) is 0 Å². The Kier molecular flexibility index (Phi) is 5.94. The van der Waals surface area contributed by atoms with Crippen LogP contribution in [0.1, 0.15) is 19.4 Å². The summed E-state index contributed by atoms with van der Waals surface area (Å²) in [4.78, 5) is 0. The number of alkyl halides is 1. The van der Waals surface area contributed by atoms with E-state index in [2.05, 4.69) is 66.0 Å². The van der Waals surface area contributed by atoms with Gasteiger partial charge < -0.3 is 5.32 Å². The Labute approximate surface area is 111 Å². The molecule has 1 atom stereocenters. The molecule has 0 aliphatic rings. The molecular weight excluding hydrogens is 320 g/mol. The van der Waals surface area contributed by atoms with Gasteiger partial charge in [-0.3, -0.25) is 0 Å². The highest BCUT2D eigenvalue weighted by Gasteiger charge is 2.08. The standard InChI is InChI=1S/C12H17ClIN/c1-9(2)12(13)8-15-7-10-3-5-11(14)6-4-10/h3-6,9,12,15H,7-8H2,1-2H3. The van der Waals surface area contributed by atoms with Crippen LogP contribution in [0.4, 0.5) is 0 Å². The van der Waals surface area contributed by atoms with Crippen LogP contribution >= 0.6 is 34.2 Å². The zero-order valence-corrected chi connectivity index (χ0v) is 12.0. The fraction of sp³-hybridized carbons (Fsp3) is 0.500. The first kappa shape index (κ1) is 13.3. The molecule has 1 unspecified atom stereocenters. The van der Waals surface area contributed by atoms with Crippen molar-refractivity contribution in [2.24, 2.45) is 5.92 Å². The molecule has 0 bridgehead atoms. The van der Waals surface area contributed by atoms with E-state index in [-0.39, 0.29) is 5.38 Å². The maximum Gasteiger partial charge on any atom is 0.0483 e. The molecule has 0 radical (unpaired) electrons. The summed E-state index contributed by atoms with van der Waals surface area (Å²) in [5.74, 6) is 0.524. The van der Waals surface area contributed by atoms with Crippen molar-refractivity contribution >= 4 is 34.2 Å². The van der Waals surface area contributed by atoms with Gasteiger partial charge in [0.25, 0.3) is 0 Å². The van der Waals surface area contributed by atoms with E-state index < -0.39 is 0 Å². The molecule has 1 nitrogen and oxygen atoms in total. The number of hydrogen-bond acceptors (Lipinski definition) is 1. The van der Waals surface area contributed by atoms with E-state index in [0.29, 0.717) is 5.92 Å². The van der Waals surface area contributed by atoms with Gasteiger partial charge in [0.1, 0.15) is 0 Å². The van der Waals surface area contributed by atoms with Crippen molar-refractivity contribution < 1.29 is 0 Å². The SMILES string of the molecule is CC(C)C(Cl)CNCc1ccc(I)cc1. The van der Waals surface area contributed by atoms with Crippen molar-refractivity contribution in [1.29, 1.82) is 0 Å². The number of hydrogen-bond donors (Lipinski definition) is 1. The average Bonchev–Trinajstić information content (AvgIpc) is 2.20. The van der Waals surface area contributed by atoms with Crippen molar-refractivity contribution in [3.05, 3.63) is 33.4 Å². The monoisotopic (exact) mass is 337 g/mol. The van der Waals surface area contributed by atoms with Gasteiger partial charge in [-0.15, -0.1) is 11.6 Å². The van der Waals surface area contributed by atoms with E-state index in [4.69, 9.17) is 11.6 Å². The Balaban J connectivity index is 2.29. The summed E-state index contributed by atoms with van der Waals surface area (Å²) in [6.45, 7) is 6.05. The maximum atomic E-state index is 6.14. The Morgan fingerprint density at radius 2 is 1.87 bits per heavy atom. The van der Waals surface area contributed by atoms with Gasteiger partial charge in [0.2, 0.25) is 0 Å². The molecule has 1 aromatic rings. The van der Waals surface area contributed by atoms with Crippen molar-refractivity contribution in [2.45, 2.75) is 25.8 Å². The van der Waals surface area contributed by atoms with Crippen molar-refractivity contribution in [1.82, 2.24) is 5.32 Å². The predicted molar refractivity (Wildman–Crippen MR) is 75.3 cm³/mol. The van der Waals surface area contributed by atoms with Gasteiger partial charge in [-0.25, -0.2) is 0 Å². The Bertz CT molecular complexity index is 284. The minimum Gasteiger partial charge on any atom is -0.311 e. The molecule has 0 amide bonds. The third-order valence-corrected chi connectivity index (χ3v) is 3.68. The summed E-state index contributed by atoms with van der Waals surface area (Å²) in [6.07, 6.45) is 0. The number of nitrogens with one attached hydrogen (secondary N) is 1. The van der Waals surface area contributed by atoms with Gasteiger partial charge in [0.15, 0.2) is 0 Å². The fourth-order valence-corrected chi connectivity index (χ4v) is 1.66. The normalized spacial score (nSPS) is 13.1. The van der Waals surface area contributed by atoms with Crippen LogP contribution in [0.5, 0.6) is 0 Å². The van der Waals surface area contributed by atoms with Crippen molar-refractivity contribution in [2.75, 3.05) is 6.54 Å². The summed E-state index contributed by atoms with van der Waals surface area (Å²) in [7, 11) is 0. The molecule has 0 aliphatic carbocycles. The molecule has 0 saturated carbocycles. The van der Waals surface area contributed by atoms with Gasteiger partial charge in [-0.2, -0.15) is 0 Å². The summed E-state index contributed by atoms with van der Waals surface area (Å²) < 4.78 is 1.27. The van der Waals surface area contributed by atoms with Gasteiger partial charge in [0, 0.05) is 22.0 Å². The molecule has 15 heavy (non-hydrogen) atoms. The first-order chi connectivity index (χ1) is 7.09. The lowest BCUT2D eigenvalue weighted by atomic mass is 10.1. The van der Waals surface area contributed by atoms with Crippen LogP contribution in [0.25, 0.3) is 0 Å². The molecule has 1 rings (SSSR count). The third-order valence-electron chi connectivity index (χ3n) is 2.31. The minimum atomic E-state index is 0.217. The zero-order chi connectivity index (χ0) is 11.3. The molecule has 3 heteroatoms. The second kappa shape index (κ2) is 6.71. The topological polar surface area (TPSA) is 12.0 Å². The first-order valence-corrected chi connectivity index (χ1v) is 6.70. The molecule has 84 valence electrons. The molecule has 1 aromatic carbocycles. The largest absolute Gasteiger partial charge is 0.311 e. The number of rotatable bonds is 5. The van der Waals surface area contributed by atoms with E-state index in [1.165, 1.54) is 9.13 Å². The molecule has 1 N–H and O–H groups in total. The lowest BCUT2D eigenvalue weighted by Gasteiger charge is -2.14. The van der Waals surface area contributed by atoms with E-state index in [9.17, 15) is 0 Å². The van der Waals surface area contributed by atoms with Crippen LogP contribution in [0.15, 0.2) is 24.3 Å². The highest BCUT2D eigenvalue weighted by molar-refractivity contribution is 14.1.